The minimum absolute atomic E-state index is 0.0107. The first-order chi connectivity index (χ1) is 14.8. The van der Waals surface area contributed by atoms with Crippen molar-refractivity contribution in [1.82, 2.24) is 20.4 Å². The fourth-order valence-corrected chi connectivity index (χ4v) is 6.20. The predicted molar refractivity (Wildman–Crippen MR) is 110 cm³/mol. The van der Waals surface area contributed by atoms with Crippen molar-refractivity contribution in [3.63, 3.8) is 0 Å². The van der Waals surface area contributed by atoms with Gasteiger partial charge in [0.1, 0.15) is 11.6 Å². The molecule has 2 bridgehead atoms. The van der Waals surface area contributed by atoms with Gasteiger partial charge >= 0.3 is 0 Å². The normalized spacial score (nSPS) is 39.6. The topological polar surface area (TPSA) is 120 Å². The molecule has 174 valence electrons. The molecule has 0 saturated carbocycles. The summed E-state index contributed by atoms with van der Waals surface area (Å²) in [5, 5.41) is 15.2. The van der Waals surface area contributed by atoms with Gasteiger partial charge in [0.2, 0.25) is 17.7 Å². The molecule has 4 fully saturated rings. The molecule has 0 aromatic carbocycles. The average molecular weight is 439 g/mol. The number of nitrogens with zero attached hydrogens (tertiary/aromatic N) is 2. The van der Waals surface area contributed by atoms with Gasteiger partial charge in [-0.25, -0.2) is 0 Å². The number of likely N-dealkylation sites (tertiary alicyclic amines) is 1. The van der Waals surface area contributed by atoms with Gasteiger partial charge in [0.05, 0.1) is 37.3 Å². The van der Waals surface area contributed by atoms with E-state index in [1.165, 1.54) is 4.90 Å². The molecular weight excluding hydrogens is 404 g/mol. The van der Waals surface area contributed by atoms with Crippen LogP contribution in [0, 0.1) is 17.8 Å². The summed E-state index contributed by atoms with van der Waals surface area (Å²) in [4.78, 5) is 43.3. The predicted octanol–water partition coefficient (Wildman–Crippen LogP) is -1.82. The molecule has 0 radical (unpaired) electrons. The van der Waals surface area contributed by atoms with Crippen molar-refractivity contribution in [2.45, 2.75) is 37.5 Å². The zero-order valence-electron chi connectivity index (χ0n) is 18.6. The van der Waals surface area contributed by atoms with Crippen LogP contribution >= 0.6 is 0 Å². The van der Waals surface area contributed by atoms with Gasteiger partial charge in [-0.05, 0) is 19.3 Å². The van der Waals surface area contributed by atoms with E-state index in [-0.39, 0.29) is 36.8 Å². The number of nitrogens with one attached hydrogen (secondary N) is 2. The van der Waals surface area contributed by atoms with Crippen LogP contribution in [0.4, 0.5) is 0 Å². The largest absolute Gasteiger partial charge is 0.395 e. The summed E-state index contributed by atoms with van der Waals surface area (Å²) in [5.41, 5.74) is -1.86. The number of hydrogen-bond donors (Lipinski definition) is 3. The number of aliphatic hydroxyl groups excluding tert-OH is 1. The summed E-state index contributed by atoms with van der Waals surface area (Å²) in [6, 6.07) is -0.860. The van der Waals surface area contributed by atoms with Gasteiger partial charge in [0.25, 0.3) is 0 Å². The summed E-state index contributed by atoms with van der Waals surface area (Å²) in [7, 11) is 1.55. The Morgan fingerprint density at radius 1 is 1.23 bits per heavy atom. The second-order valence-corrected chi connectivity index (χ2v) is 9.32. The van der Waals surface area contributed by atoms with E-state index in [4.69, 9.17) is 9.47 Å². The molecule has 10 heteroatoms. The lowest BCUT2D eigenvalue weighted by Gasteiger charge is -2.36. The van der Waals surface area contributed by atoms with Crippen LogP contribution in [0.25, 0.3) is 0 Å². The SMILES string of the molecule is CNC(=O)[C@H]1[C@H]2C(=O)N(CCO)C(C(=O)NCCN3CCOCC3)C23CC(C)[C@]1(C)O3. The minimum atomic E-state index is -1.05. The van der Waals surface area contributed by atoms with Crippen LogP contribution in [-0.4, -0.2) is 109 Å². The fraction of sp³-hybridized carbons (Fsp3) is 0.857. The van der Waals surface area contributed by atoms with Gasteiger partial charge in [-0.2, -0.15) is 0 Å². The van der Waals surface area contributed by atoms with Crippen LogP contribution in [0.1, 0.15) is 20.3 Å². The standard InChI is InChI=1S/C21H34N4O6/c1-13-12-21-15(14(17(27)22-3)20(13,2)31-21)19(29)25(6-9-26)16(21)18(28)23-4-5-24-7-10-30-11-8-24/h13-16,26H,4-12H2,1-3H3,(H,22,27)(H,23,28)/t13?,14-,15+,16?,20+,21?/m1/s1. The van der Waals surface area contributed by atoms with Crippen molar-refractivity contribution in [2.75, 3.05) is 59.6 Å². The maximum atomic E-state index is 13.4. The van der Waals surface area contributed by atoms with E-state index in [9.17, 15) is 19.5 Å². The average Bonchev–Trinajstić information content (AvgIpc) is 3.26. The highest BCUT2D eigenvalue weighted by molar-refractivity contribution is 5.99. The third-order valence-electron chi connectivity index (χ3n) is 7.76. The number of morpholine rings is 1. The van der Waals surface area contributed by atoms with Gasteiger partial charge in [0, 0.05) is 39.8 Å². The Morgan fingerprint density at radius 2 is 1.94 bits per heavy atom. The van der Waals surface area contributed by atoms with E-state index in [0.717, 1.165) is 13.1 Å². The molecule has 4 aliphatic heterocycles. The highest BCUT2D eigenvalue weighted by Crippen LogP contribution is 2.65. The summed E-state index contributed by atoms with van der Waals surface area (Å²) >= 11 is 0. The maximum Gasteiger partial charge on any atom is 0.245 e. The number of fused-ring (bicyclic) bond motifs is 1. The Labute approximate surface area is 182 Å². The van der Waals surface area contributed by atoms with Crippen molar-refractivity contribution >= 4 is 17.7 Å². The van der Waals surface area contributed by atoms with E-state index in [1.807, 2.05) is 13.8 Å². The zero-order valence-corrected chi connectivity index (χ0v) is 18.6. The third-order valence-corrected chi connectivity index (χ3v) is 7.76. The summed E-state index contributed by atoms with van der Waals surface area (Å²) < 4.78 is 11.9. The Kier molecular flexibility index (Phi) is 6.01. The zero-order chi connectivity index (χ0) is 22.4. The van der Waals surface area contributed by atoms with Crippen LogP contribution in [0.2, 0.25) is 0 Å². The molecular formula is C21H34N4O6. The van der Waals surface area contributed by atoms with Crippen molar-refractivity contribution in [3.8, 4) is 0 Å². The fourth-order valence-electron chi connectivity index (χ4n) is 6.20. The lowest BCUT2D eigenvalue weighted by Crippen LogP contribution is -2.56. The smallest absolute Gasteiger partial charge is 0.245 e. The van der Waals surface area contributed by atoms with Gasteiger partial charge in [0.15, 0.2) is 0 Å². The van der Waals surface area contributed by atoms with Crippen LogP contribution in [0.5, 0.6) is 0 Å². The van der Waals surface area contributed by atoms with E-state index in [0.29, 0.717) is 32.7 Å². The van der Waals surface area contributed by atoms with Crippen LogP contribution in [0.3, 0.4) is 0 Å². The number of rotatable bonds is 7. The molecule has 0 aliphatic carbocycles. The first kappa shape index (κ1) is 22.4. The van der Waals surface area contributed by atoms with Crippen molar-refractivity contribution in [1.29, 1.82) is 0 Å². The minimum Gasteiger partial charge on any atom is -0.395 e. The summed E-state index contributed by atoms with van der Waals surface area (Å²) in [6.45, 7) is 7.83. The van der Waals surface area contributed by atoms with Gasteiger partial charge in [-0.15, -0.1) is 0 Å². The van der Waals surface area contributed by atoms with Gasteiger partial charge in [-0.1, -0.05) is 6.92 Å². The molecule has 3 amide bonds. The quantitative estimate of drug-likeness (QED) is 0.428. The molecule has 6 atom stereocenters. The first-order valence-electron chi connectivity index (χ1n) is 11.2. The molecule has 3 unspecified atom stereocenters. The number of aliphatic hydroxyl groups is 1. The Balaban J connectivity index is 1.58. The van der Waals surface area contributed by atoms with Gasteiger partial charge < -0.3 is 30.1 Å². The second-order valence-electron chi connectivity index (χ2n) is 9.32. The Bertz CT molecular complexity index is 743. The Hall–Kier alpha value is -1.75. The summed E-state index contributed by atoms with van der Waals surface area (Å²) in [5.74, 6) is -2.20. The van der Waals surface area contributed by atoms with E-state index in [2.05, 4.69) is 15.5 Å². The molecule has 4 saturated heterocycles. The van der Waals surface area contributed by atoms with Crippen LogP contribution in [-0.2, 0) is 23.9 Å². The molecule has 4 rings (SSSR count). The van der Waals surface area contributed by atoms with Crippen molar-refractivity contribution in [2.24, 2.45) is 17.8 Å². The number of β-amino-alcohol motifs (C(OH)–C–C–N with tert-alkyl or cyclic N) is 1. The molecule has 4 aliphatic rings. The van der Waals surface area contributed by atoms with Crippen molar-refractivity contribution in [3.05, 3.63) is 0 Å². The van der Waals surface area contributed by atoms with Crippen molar-refractivity contribution < 1.29 is 29.0 Å². The molecule has 4 heterocycles. The monoisotopic (exact) mass is 438 g/mol. The van der Waals surface area contributed by atoms with E-state index < -0.39 is 29.1 Å². The number of carbonyl (C=O) groups is 3. The van der Waals surface area contributed by atoms with Crippen LogP contribution in [0.15, 0.2) is 0 Å². The molecule has 1 spiro atoms. The molecule has 0 aromatic rings. The molecule has 10 nitrogen and oxygen atoms in total. The highest BCUT2D eigenvalue weighted by atomic mass is 16.5. The van der Waals surface area contributed by atoms with E-state index >= 15 is 0 Å². The lowest BCUT2D eigenvalue weighted by atomic mass is 9.62. The second kappa shape index (κ2) is 8.31. The molecule has 3 N–H and O–H groups in total. The summed E-state index contributed by atoms with van der Waals surface area (Å²) in [6.07, 6.45) is 0.525. The lowest BCUT2D eigenvalue weighted by molar-refractivity contribution is -0.147. The molecule has 0 aromatic heterocycles. The number of ether oxygens (including phenoxy) is 2. The Morgan fingerprint density at radius 3 is 2.58 bits per heavy atom. The number of hydrogen-bond acceptors (Lipinski definition) is 7. The first-order valence-corrected chi connectivity index (χ1v) is 11.2. The number of amides is 3. The third kappa shape index (κ3) is 3.35. The van der Waals surface area contributed by atoms with Crippen LogP contribution < -0.4 is 10.6 Å². The maximum absolute atomic E-state index is 13.4. The molecule has 31 heavy (non-hydrogen) atoms. The highest BCUT2D eigenvalue weighted by Gasteiger charge is 2.79. The van der Waals surface area contributed by atoms with Gasteiger partial charge in [-0.3, -0.25) is 19.3 Å². The van der Waals surface area contributed by atoms with E-state index in [1.54, 1.807) is 7.05 Å². The number of carbonyl (C=O) groups excluding carboxylic acids is 3.